The topological polar surface area (TPSA) is 61.2 Å². The molecule has 0 saturated heterocycles. The van der Waals surface area contributed by atoms with Crippen molar-refractivity contribution >= 4 is 31.3 Å². The van der Waals surface area contributed by atoms with Crippen molar-refractivity contribution in [1.82, 2.24) is 9.55 Å². The lowest BCUT2D eigenvalue weighted by Crippen LogP contribution is -2.03. The van der Waals surface area contributed by atoms with Gasteiger partial charge in [0.1, 0.15) is 18.2 Å². The van der Waals surface area contributed by atoms with Crippen molar-refractivity contribution in [3.05, 3.63) is 41.4 Å². The molecule has 0 amide bonds. The molecule has 0 atom stereocenters. The fourth-order valence-corrected chi connectivity index (χ4v) is 2.51. The van der Waals surface area contributed by atoms with Crippen molar-refractivity contribution in [2.75, 3.05) is 0 Å². The molecule has 0 spiro atoms. The lowest BCUT2D eigenvalue weighted by Gasteiger charge is -2.08. The first-order valence-electron chi connectivity index (χ1n) is 5.21. The second kappa shape index (κ2) is 5.40. The first kappa shape index (κ1) is 14.2. The van der Waals surface area contributed by atoms with E-state index in [1.165, 1.54) is 18.2 Å². The van der Waals surface area contributed by atoms with Crippen LogP contribution in [0, 0.1) is 0 Å². The molecule has 1 heterocycles. The molecule has 1 aromatic carbocycles. The third kappa shape index (κ3) is 3.40. The van der Waals surface area contributed by atoms with Crippen LogP contribution in [0.15, 0.2) is 35.5 Å². The van der Waals surface area contributed by atoms with Crippen LogP contribution in [0.1, 0.15) is 5.82 Å². The van der Waals surface area contributed by atoms with E-state index in [9.17, 15) is 8.42 Å². The van der Waals surface area contributed by atoms with E-state index in [4.69, 9.17) is 27.0 Å². The number of benzene rings is 1. The molecule has 0 unspecified atom stereocenters. The zero-order valence-corrected chi connectivity index (χ0v) is 12.2. The number of nitrogens with zero attached hydrogens (tertiary/aromatic N) is 2. The summed E-state index contributed by atoms with van der Waals surface area (Å²) in [4.78, 5) is 4.03. The average Bonchev–Trinajstić information content (AvgIpc) is 2.72. The van der Waals surface area contributed by atoms with Gasteiger partial charge in [-0.15, -0.1) is 0 Å². The van der Waals surface area contributed by atoms with Crippen LogP contribution in [0.2, 0.25) is 5.02 Å². The highest BCUT2D eigenvalue weighted by atomic mass is 35.7. The maximum Gasteiger partial charge on any atom is 0.261 e. The molecule has 0 bridgehead atoms. The van der Waals surface area contributed by atoms with Gasteiger partial charge in [0.05, 0.1) is 9.92 Å². The summed E-state index contributed by atoms with van der Waals surface area (Å²) in [5.74, 6) is 1.10. The molecular weight excluding hydrogens is 311 g/mol. The molecule has 0 aliphatic carbocycles. The van der Waals surface area contributed by atoms with Gasteiger partial charge >= 0.3 is 0 Å². The van der Waals surface area contributed by atoms with E-state index >= 15 is 0 Å². The molecule has 102 valence electrons. The summed E-state index contributed by atoms with van der Waals surface area (Å²) in [7, 11) is 3.27. The van der Waals surface area contributed by atoms with E-state index in [-0.39, 0.29) is 16.5 Å². The largest absolute Gasteiger partial charge is 0.484 e. The van der Waals surface area contributed by atoms with Gasteiger partial charge in [-0.2, -0.15) is 0 Å². The Morgan fingerprint density at radius 2 is 2.16 bits per heavy atom. The van der Waals surface area contributed by atoms with Crippen LogP contribution in [0.3, 0.4) is 0 Å². The van der Waals surface area contributed by atoms with Crippen LogP contribution in [0.25, 0.3) is 0 Å². The number of imidazole rings is 1. The second-order valence-electron chi connectivity index (χ2n) is 3.77. The van der Waals surface area contributed by atoms with Crippen molar-refractivity contribution in [2.24, 2.45) is 7.05 Å². The molecule has 1 aromatic heterocycles. The van der Waals surface area contributed by atoms with Crippen molar-refractivity contribution in [1.29, 1.82) is 0 Å². The molecule has 0 saturated carbocycles. The molecule has 0 N–H and O–H groups in total. The van der Waals surface area contributed by atoms with E-state index in [1.807, 2.05) is 11.6 Å². The van der Waals surface area contributed by atoms with Crippen LogP contribution in [0.5, 0.6) is 5.75 Å². The Morgan fingerprint density at radius 1 is 1.42 bits per heavy atom. The third-order valence-electron chi connectivity index (χ3n) is 2.46. The lowest BCUT2D eigenvalue weighted by molar-refractivity contribution is 0.292. The Hall–Kier alpha value is -1.24. The monoisotopic (exact) mass is 320 g/mol. The van der Waals surface area contributed by atoms with Crippen LogP contribution in [-0.4, -0.2) is 18.0 Å². The van der Waals surface area contributed by atoms with E-state index in [0.717, 1.165) is 5.82 Å². The minimum absolute atomic E-state index is 0.0662. The molecule has 8 heteroatoms. The SMILES string of the molecule is Cn1ccnc1COc1ccc(S(=O)(=O)Cl)cc1Cl. The van der Waals surface area contributed by atoms with Crippen molar-refractivity contribution < 1.29 is 13.2 Å². The van der Waals surface area contributed by atoms with Gasteiger partial charge in [-0.25, -0.2) is 13.4 Å². The van der Waals surface area contributed by atoms with E-state index < -0.39 is 9.05 Å². The molecule has 0 aliphatic heterocycles. The molecular formula is C11H10Cl2N2O3S. The highest BCUT2D eigenvalue weighted by molar-refractivity contribution is 8.13. The van der Waals surface area contributed by atoms with Crippen molar-refractivity contribution in [3.8, 4) is 5.75 Å². The lowest BCUT2D eigenvalue weighted by atomic mass is 10.3. The molecule has 2 aromatic rings. The van der Waals surface area contributed by atoms with Crippen molar-refractivity contribution in [2.45, 2.75) is 11.5 Å². The summed E-state index contributed by atoms with van der Waals surface area (Å²) in [6, 6.07) is 4.04. The zero-order chi connectivity index (χ0) is 14.0. The smallest absolute Gasteiger partial charge is 0.261 e. The van der Waals surface area contributed by atoms with Gasteiger partial charge < -0.3 is 9.30 Å². The van der Waals surface area contributed by atoms with Crippen LogP contribution >= 0.6 is 22.3 Å². The number of hydrogen-bond donors (Lipinski definition) is 0. The average molecular weight is 321 g/mol. The zero-order valence-electron chi connectivity index (χ0n) is 9.88. The number of ether oxygens (including phenoxy) is 1. The van der Waals surface area contributed by atoms with Crippen LogP contribution in [0.4, 0.5) is 0 Å². The predicted molar refractivity (Wildman–Crippen MR) is 72.0 cm³/mol. The van der Waals surface area contributed by atoms with E-state index in [0.29, 0.717) is 5.75 Å². The number of halogens is 2. The van der Waals surface area contributed by atoms with Gasteiger partial charge in [-0.1, -0.05) is 11.6 Å². The van der Waals surface area contributed by atoms with E-state index in [1.54, 1.807) is 12.4 Å². The van der Waals surface area contributed by atoms with Crippen molar-refractivity contribution in [3.63, 3.8) is 0 Å². The maximum atomic E-state index is 11.1. The van der Waals surface area contributed by atoms with Gasteiger partial charge in [0.25, 0.3) is 9.05 Å². The summed E-state index contributed by atoms with van der Waals surface area (Å²) in [6.45, 7) is 0.232. The summed E-state index contributed by atoms with van der Waals surface area (Å²) in [6.07, 6.45) is 3.45. The number of hydrogen-bond acceptors (Lipinski definition) is 4. The minimum atomic E-state index is -3.79. The molecule has 0 radical (unpaired) electrons. The fourth-order valence-electron chi connectivity index (χ4n) is 1.43. The fraction of sp³-hybridized carbons (Fsp3) is 0.182. The maximum absolute atomic E-state index is 11.1. The summed E-state index contributed by atoms with van der Waals surface area (Å²) >= 11 is 5.94. The quantitative estimate of drug-likeness (QED) is 0.812. The summed E-state index contributed by atoms with van der Waals surface area (Å²) in [5.41, 5.74) is 0. The van der Waals surface area contributed by atoms with Gasteiger partial charge in [0.15, 0.2) is 0 Å². The Morgan fingerprint density at radius 3 is 2.68 bits per heavy atom. The summed E-state index contributed by atoms with van der Waals surface area (Å²) in [5, 5.41) is 0.177. The highest BCUT2D eigenvalue weighted by Gasteiger charge is 2.13. The Labute approximate surface area is 120 Å². The second-order valence-corrected chi connectivity index (χ2v) is 6.75. The Kier molecular flexibility index (Phi) is 4.03. The standard InChI is InChI=1S/C11H10Cl2N2O3S/c1-15-5-4-14-11(15)7-18-10-3-2-8(6-9(10)12)19(13,16)17/h2-6H,7H2,1H3. The van der Waals surface area contributed by atoms with Gasteiger partial charge in [-0.05, 0) is 18.2 Å². The minimum Gasteiger partial charge on any atom is -0.484 e. The van der Waals surface area contributed by atoms with Gasteiger partial charge in [0, 0.05) is 30.1 Å². The number of aromatic nitrogens is 2. The van der Waals surface area contributed by atoms with Gasteiger partial charge in [0.2, 0.25) is 0 Å². The number of aryl methyl sites for hydroxylation is 1. The molecule has 0 fully saturated rings. The molecule has 2 rings (SSSR count). The Bertz CT molecular complexity index is 698. The third-order valence-corrected chi connectivity index (χ3v) is 4.11. The van der Waals surface area contributed by atoms with Crippen LogP contribution in [-0.2, 0) is 22.7 Å². The molecule has 0 aliphatic rings. The normalized spacial score (nSPS) is 11.5. The molecule has 5 nitrogen and oxygen atoms in total. The first-order valence-corrected chi connectivity index (χ1v) is 7.90. The Balaban J connectivity index is 2.16. The predicted octanol–water partition coefficient (Wildman–Crippen LogP) is 2.58. The van der Waals surface area contributed by atoms with Crippen LogP contribution < -0.4 is 4.74 Å². The number of rotatable bonds is 4. The van der Waals surface area contributed by atoms with E-state index in [2.05, 4.69) is 4.98 Å². The highest BCUT2D eigenvalue weighted by Crippen LogP contribution is 2.29. The molecule has 19 heavy (non-hydrogen) atoms. The summed E-state index contributed by atoms with van der Waals surface area (Å²) < 4.78 is 29.6. The van der Waals surface area contributed by atoms with Gasteiger partial charge in [-0.3, -0.25) is 0 Å². The first-order chi connectivity index (χ1) is 8.88.